The summed E-state index contributed by atoms with van der Waals surface area (Å²) in [6.07, 6.45) is -3.19. The highest BCUT2D eigenvalue weighted by molar-refractivity contribution is 5.90. The number of hydrogen-bond acceptors (Lipinski definition) is 3. The van der Waals surface area contributed by atoms with Crippen LogP contribution in [0.2, 0.25) is 0 Å². The zero-order valence-electron chi connectivity index (χ0n) is 15.1. The van der Waals surface area contributed by atoms with E-state index in [4.69, 9.17) is 4.99 Å². The fourth-order valence-corrected chi connectivity index (χ4v) is 4.71. The number of halogens is 3. The van der Waals surface area contributed by atoms with Crippen molar-refractivity contribution in [3.8, 4) is 0 Å². The maximum Gasteiger partial charge on any atom is 0.471 e. The molecule has 0 saturated carbocycles. The van der Waals surface area contributed by atoms with E-state index in [1.807, 2.05) is 19.1 Å². The largest absolute Gasteiger partial charge is 0.471 e. The predicted octanol–water partition coefficient (Wildman–Crippen LogP) is 4.35. The van der Waals surface area contributed by atoms with Gasteiger partial charge < -0.3 is 10.2 Å². The molecule has 1 amide bonds. The summed E-state index contributed by atoms with van der Waals surface area (Å²) in [5.41, 5.74) is 4.75. The van der Waals surface area contributed by atoms with Crippen LogP contribution in [0.4, 0.5) is 24.5 Å². The molecule has 4 nitrogen and oxygen atoms in total. The molecule has 0 spiro atoms. The molecule has 3 aliphatic rings. The van der Waals surface area contributed by atoms with Crippen molar-refractivity contribution in [3.05, 3.63) is 23.3 Å². The average Bonchev–Trinajstić information content (AvgIpc) is 2.68. The molecular weight excluding hydrogens is 343 g/mol. The van der Waals surface area contributed by atoms with Gasteiger partial charge >= 0.3 is 12.1 Å². The molecule has 2 unspecified atom stereocenters. The third-order valence-corrected chi connectivity index (χ3v) is 5.54. The summed E-state index contributed by atoms with van der Waals surface area (Å²) in [6.45, 7) is 6.47. The number of rotatable bonds is 0. The molecular formula is C19H22F3N3O. The number of carbonyl (C=O) groups is 1. The predicted molar refractivity (Wildman–Crippen MR) is 94.3 cm³/mol. The lowest BCUT2D eigenvalue weighted by molar-refractivity contribution is -0.186. The van der Waals surface area contributed by atoms with E-state index >= 15 is 0 Å². The summed E-state index contributed by atoms with van der Waals surface area (Å²) >= 11 is 0. The highest BCUT2D eigenvalue weighted by Crippen LogP contribution is 2.50. The smallest absolute Gasteiger partial charge is 0.378 e. The van der Waals surface area contributed by atoms with Crippen molar-refractivity contribution in [2.75, 3.05) is 18.4 Å². The summed E-state index contributed by atoms with van der Waals surface area (Å²) in [7, 11) is 0. The van der Waals surface area contributed by atoms with Gasteiger partial charge in [0, 0.05) is 42.6 Å². The number of likely N-dealkylation sites (tertiary alicyclic amines) is 1. The quantitative estimate of drug-likeness (QED) is 0.743. The molecule has 140 valence electrons. The monoisotopic (exact) mass is 365 g/mol. The topological polar surface area (TPSA) is 44.7 Å². The van der Waals surface area contributed by atoms with Crippen LogP contribution >= 0.6 is 0 Å². The van der Waals surface area contributed by atoms with Crippen LogP contribution in [0.1, 0.15) is 56.6 Å². The minimum Gasteiger partial charge on any atom is -0.378 e. The van der Waals surface area contributed by atoms with Crippen LogP contribution in [0, 0.1) is 0 Å². The normalized spacial score (nSPS) is 26.4. The fourth-order valence-electron chi connectivity index (χ4n) is 4.71. The van der Waals surface area contributed by atoms with Crippen molar-refractivity contribution in [3.63, 3.8) is 0 Å². The van der Waals surface area contributed by atoms with Gasteiger partial charge in [0.1, 0.15) is 0 Å². The number of fused-ring (bicyclic) bond motifs is 6. The molecule has 0 aromatic heterocycles. The van der Waals surface area contributed by atoms with Crippen LogP contribution in [-0.2, 0) is 4.79 Å². The Bertz CT molecular complexity index is 813. The summed E-state index contributed by atoms with van der Waals surface area (Å²) in [5, 5.41) is 3.52. The lowest BCUT2D eigenvalue weighted by atomic mass is 9.95. The Morgan fingerprint density at radius 3 is 2.46 bits per heavy atom. The molecule has 2 heterocycles. The molecule has 1 aromatic carbocycles. The van der Waals surface area contributed by atoms with Crippen molar-refractivity contribution in [2.24, 2.45) is 4.99 Å². The maximum absolute atomic E-state index is 12.8. The standard InChI is InChI=1S/C19H22F3N3O/c1-10-7-18(2,3)24-16-6-14-12-4-11(13(14)5-15(16)23-10)8-25(9-12)17(26)19(20,21)22/h5-6,11-12,24H,4,7-9H2,1-3H3. The van der Waals surface area contributed by atoms with Gasteiger partial charge in [0.2, 0.25) is 0 Å². The van der Waals surface area contributed by atoms with Gasteiger partial charge in [-0.05, 0) is 50.5 Å². The lowest BCUT2D eigenvalue weighted by Gasteiger charge is -2.32. The van der Waals surface area contributed by atoms with Gasteiger partial charge in [0.25, 0.3) is 0 Å². The van der Waals surface area contributed by atoms with Gasteiger partial charge in [0.15, 0.2) is 0 Å². The molecule has 4 rings (SSSR count). The van der Waals surface area contributed by atoms with E-state index in [1.54, 1.807) is 0 Å². The molecule has 1 aromatic rings. The summed E-state index contributed by atoms with van der Waals surface area (Å²) < 4.78 is 38.5. The van der Waals surface area contributed by atoms with E-state index in [2.05, 4.69) is 19.2 Å². The minimum absolute atomic E-state index is 0.0430. The molecule has 2 atom stereocenters. The second kappa shape index (κ2) is 5.47. The minimum atomic E-state index is -4.81. The van der Waals surface area contributed by atoms with Crippen molar-refractivity contribution in [1.29, 1.82) is 0 Å². The Morgan fingerprint density at radius 1 is 1.23 bits per heavy atom. The highest BCUT2D eigenvalue weighted by atomic mass is 19.4. The number of piperidine rings is 1. The second-order valence-corrected chi connectivity index (χ2v) is 8.37. The number of hydrogen-bond donors (Lipinski definition) is 1. The van der Waals surface area contributed by atoms with Gasteiger partial charge in [-0.1, -0.05) is 0 Å². The van der Waals surface area contributed by atoms with Crippen molar-refractivity contribution < 1.29 is 18.0 Å². The van der Waals surface area contributed by atoms with Crippen LogP contribution in [-0.4, -0.2) is 41.3 Å². The number of alkyl halides is 3. The van der Waals surface area contributed by atoms with Crippen LogP contribution in [0.25, 0.3) is 0 Å². The van der Waals surface area contributed by atoms with E-state index in [9.17, 15) is 18.0 Å². The number of aliphatic imine (C=N–C) groups is 1. The highest BCUT2D eigenvalue weighted by Gasteiger charge is 2.48. The Morgan fingerprint density at radius 2 is 1.85 bits per heavy atom. The molecule has 7 heteroatoms. The van der Waals surface area contributed by atoms with Gasteiger partial charge in [-0.3, -0.25) is 9.79 Å². The first-order valence-corrected chi connectivity index (χ1v) is 8.90. The zero-order chi connectivity index (χ0) is 18.9. The molecule has 1 N–H and O–H groups in total. The fraction of sp³-hybridized carbons (Fsp3) is 0.579. The first-order chi connectivity index (χ1) is 12.0. The summed E-state index contributed by atoms with van der Waals surface area (Å²) in [6, 6.07) is 4.05. The number of amides is 1. The van der Waals surface area contributed by atoms with E-state index in [0.29, 0.717) is 0 Å². The molecule has 2 bridgehead atoms. The molecule has 2 aliphatic heterocycles. The summed E-state index contributed by atoms with van der Waals surface area (Å²) in [4.78, 5) is 17.4. The van der Waals surface area contributed by atoms with E-state index in [1.165, 1.54) is 0 Å². The molecule has 0 radical (unpaired) electrons. The molecule has 26 heavy (non-hydrogen) atoms. The van der Waals surface area contributed by atoms with Crippen LogP contribution in [0.3, 0.4) is 0 Å². The second-order valence-electron chi connectivity index (χ2n) is 8.37. The number of nitrogens with zero attached hydrogens (tertiary/aromatic N) is 2. The molecule has 1 fully saturated rings. The molecule has 1 aliphatic carbocycles. The summed E-state index contributed by atoms with van der Waals surface area (Å²) in [5.74, 6) is -1.82. The van der Waals surface area contributed by atoms with E-state index in [0.717, 1.165) is 46.0 Å². The first kappa shape index (κ1) is 17.4. The maximum atomic E-state index is 12.8. The Labute approximate surface area is 150 Å². The Kier molecular flexibility index (Phi) is 3.66. The lowest BCUT2D eigenvalue weighted by Crippen LogP contribution is -2.46. The van der Waals surface area contributed by atoms with Gasteiger partial charge in [-0.15, -0.1) is 0 Å². The van der Waals surface area contributed by atoms with E-state index in [-0.39, 0.29) is 30.5 Å². The average molecular weight is 365 g/mol. The SMILES string of the molecule is CC1=Nc2cc3c(cc2NC(C)(C)C1)C1CC3CN(C(=O)C(F)(F)F)C1. The zero-order valence-corrected chi connectivity index (χ0v) is 15.1. The third kappa shape index (κ3) is 2.87. The van der Waals surface area contributed by atoms with Crippen LogP contribution in [0.15, 0.2) is 17.1 Å². The van der Waals surface area contributed by atoms with Gasteiger partial charge in [-0.2, -0.15) is 13.2 Å². The number of carbonyl (C=O) groups excluding carboxylic acids is 1. The van der Waals surface area contributed by atoms with Crippen LogP contribution in [0.5, 0.6) is 0 Å². The van der Waals surface area contributed by atoms with Crippen molar-refractivity contribution in [2.45, 2.75) is 57.2 Å². The van der Waals surface area contributed by atoms with Crippen molar-refractivity contribution in [1.82, 2.24) is 4.90 Å². The van der Waals surface area contributed by atoms with Crippen molar-refractivity contribution >= 4 is 23.0 Å². The van der Waals surface area contributed by atoms with E-state index < -0.39 is 12.1 Å². The Hall–Kier alpha value is -2.05. The number of anilines is 1. The third-order valence-electron chi connectivity index (χ3n) is 5.54. The van der Waals surface area contributed by atoms with Crippen LogP contribution < -0.4 is 5.32 Å². The molecule has 1 saturated heterocycles. The van der Waals surface area contributed by atoms with Gasteiger partial charge in [-0.25, -0.2) is 0 Å². The number of nitrogens with one attached hydrogen (secondary N) is 1. The first-order valence-electron chi connectivity index (χ1n) is 8.90. The van der Waals surface area contributed by atoms with Gasteiger partial charge in [0.05, 0.1) is 11.4 Å². The Balaban J connectivity index is 1.71. The number of benzene rings is 1.